The summed E-state index contributed by atoms with van der Waals surface area (Å²) in [5.74, 6) is 0. The molecular formula is C8H19NO3S. The van der Waals surface area contributed by atoms with Gasteiger partial charge in [0.05, 0.1) is 11.9 Å². The van der Waals surface area contributed by atoms with E-state index in [4.69, 9.17) is 5.11 Å². The summed E-state index contributed by atoms with van der Waals surface area (Å²) >= 11 is 0. The number of hydrogen-bond acceptors (Lipinski definition) is 3. The van der Waals surface area contributed by atoms with Crippen LogP contribution in [-0.4, -0.2) is 42.8 Å². The molecule has 0 saturated heterocycles. The van der Waals surface area contributed by atoms with E-state index in [0.717, 1.165) is 6.42 Å². The molecule has 0 radical (unpaired) electrons. The van der Waals surface area contributed by atoms with E-state index in [0.29, 0.717) is 13.1 Å². The Balaban J connectivity index is 4.57. The van der Waals surface area contributed by atoms with Crippen molar-refractivity contribution in [2.45, 2.75) is 32.4 Å². The van der Waals surface area contributed by atoms with E-state index >= 15 is 0 Å². The molecule has 0 heterocycles. The highest BCUT2D eigenvalue weighted by Crippen LogP contribution is 2.08. The summed E-state index contributed by atoms with van der Waals surface area (Å²) in [5, 5.41) is 8.08. The van der Waals surface area contributed by atoms with Crippen LogP contribution in [0, 0.1) is 0 Å². The predicted octanol–water partition coefficient (Wildman–Crippen LogP) is 0.429. The van der Waals surface area contributed by atoms with Crippen molar-refractivity contribution in [3.05, 3.63) is 0 Å². The maximum atomic E-state index is 11.6. The number of hydrogen-bond donors (Lipinski definition) is 1. The number of nitrogens with zero attached hydrogens (tertiary/aromatic N) is 1. The van der Waals surface area contributed by atoms with E-state index in [2.05, 4.69) is 0 Å². The second-order valence-corrected chi connectivity index (χ2v) is 5.38. The SMILES string of the molecule is CCCN(CC)S(=O)(=O)C(C)CO. The van der Waals surface area contributed by atoms with Gasteiger partial charge in [0.1, 0.15) is 0 Å². The van der Waals surface area contributed by atoms with Crippen molar-refractivity contribution in [3.8, 4) is 0 Å². The highest BCUT2D eigenvalue weighted by Gasteiger charge is 2.25. The fraction of sp³-hybridized carbons (Fsp3) is 1.00. The largest absolute Gasteiger partial charge is 0.395 e. The van der Waals surface area contributed by atoms with Gasteiger partial charge in [-0.25, -0.2) is 12.7 Å². The molecule has 13 heavy (non-hydrogen) atoms. The summed E-state index contributed by atoms with van der Waals surface area (Å²) in [6.07, 6.45) is 0.797. The summed E-state index contributed by atoms with van der Waals surface area (Å²) in [6.45, 7) is 5.94. The van der Waals surface area contributed by atoms with Gasteiger partial charge in [-0.2, -0.15) is 0 Å². The molecule has 0 aliphatic carbocycles. The smallest absolute Gasteiger partial charge is 0.218 e. The third kappa shape index (κ3) is 3.25. The van der Waals surface area contributed by atoms with E-state index in [1.807, 2.05) is 6.92 Å². The Morgan fingerprint density at radius 3 is 2.23 bits per heavy atom. The topological polar surface area (TPSA) is 57.6 Å². The third-order valence-corrected chi connectivity index (χ3v) is 4.28. The van der Waals surface area contributed by atoms with Crippen molar-refractivity contribution in [1.29, 1.82) is 0 Å². The Bertz CT molecular complexity index is 226. The minimum Gasteiger partial charge on any atom is -0.395 e. The molecule has 0 fully saturated rings. The third-order valence-electron chi connectivity index (χ3n) is 1.95. The molecule has 1 N–H and O–H groups in total. The van der Waals surface area contributed by atoms with Gasteiger partial charge in [-0.05, 0) is 13.3 Å². The molecular weight excluding hydrogens is 190 g/mol. The van der Waals surface area contributed by atoms with Crippen LogP contribution in [0.5, 0.6) is 0 Å². The van der Waals surface area contributed by atoms with Gasteiger partial charge in [0.15, 0.2) is 0 Å². The molecule has 0 aliphatic heterocycles. The van der Waals surface area contributed by atoms with Crippen molar-refractivity contribution >= 4 is 10.0 Å². The molecule has 0 aliphatic rings. The normalized spacial score (nSPS) is 14.8. The molecule has 1 unspecified atom stereocenters. The van der Waals surface area contributed by atoms with Crippen LogP contribution in [0.15, 0.2) is 0 Å². The summed E-state index contributed by atoms with van der Waals surface area (Å²) in [7, 11) is -3.28. The van der Waals surface area contributed by atoms with Crippen molar-refractivity contribution in [1.82, 2.24) is 4.31 Å². The lowest BCUT2D eigenvalue weighted by Crippen LogP contribution is -2.39. The van der Waals surface area contributed by atoms with E-state index in [1.54, 1.807) is 6.92 Å². The first kappa shape index (κ1) is 12.9. The average Bonchev–Trinajstić information content (AvgIpc) is 2.12. The number of rotatable bonds is 6. The van der Waals surface area contributed by atoms with Gasteiger partial charge >= 0.3 is 0 Å². The second kappa shape index (κ2) is 5.57. The zero-order chi connectivity index (χ0) is 10.5. The van der Waals surface area contributed by atoms with Crippen molar-refractivity contribution in [2.24, 2.45) is 0 Å². The first-order valence-electron chi connectivity index (χ1n) is 4.60. The van der Waals surface area contributed by atoms with Crippen LogP contribution in [0.2, 0.25) is 0 Å². The Morgan fingerprint density at radius 1 is 1.38 bits per heavy atom. The van der Waals surface area contributed by atoms with Gasteiger partial charge < -0.3 is 5.11 Å². The number of aliphatic hydroxyl groups excluding tert-OH is 1. The van der Waals surface area contributed by atoms with Gasteiger partial charge in [-0.3, -0.25) is 0 Å². The van der Waals surface area contributed by atoms with Gasteiger partial charge in [0.25, 0.3) is 0 Å². The van der Waals surface area contributed by atoms with E-state index < -0.39 is 15.3 Å². The molecule has 0 amide bonds. The van der Waals surface area contributed by atoms with Crippen LogP contribution in [-0.2, 0) is 10.0 Å². The molecule has 0 aromatic rings. The predicted molar refractivity (Wildman–Crippen MR) is 53.0 cm³/mol. The van der Waals surface area contributed by atoms with Crippen molar-refractivity contribution in [2.75, 3.05) is 19.7 Å². The first-order chi connectivity index (χ1) is 6.00. The minimum absolute atomic E-state index is 0.317. The molecule has 0 aromatic carbocycles. The second-order valence-electron chi connectivity index (χ2n) is 3.03. The van der Waals surface area contributed by atoms with Crippen LogP contribution in [0.3, 0.4) is 0 Å². The lowest BCUT2D eigenvalue weighted by Gasteiger charge is -2.22. The fourth-order valence-corrected chi connectivity index (χ4v) is 2.56. The monoisotopic (exact) mass is 209 g/mol. The zero-order valence-electron chi connectivity index (χ0n) is 8.52. The number of aliphatic hydroxyl groups is 1. The standard InChI is InChI=1S/C8H19NO3S/c1-4-6-9(5-2)13(11,12)8(3)7-10/h8,10H,4-7H2,1-3H3. The van der Waals surface area contributed by atoms with Crippen LogP contribution in [0.1, 0.15) is 27.2 Å². The maximum Gasteiger partial charge on any atom is 0.218 e. The summed E-state index contributed by atoms with van der Waals surface area (Å²) < 4.78 is 24.7. The molecule has 5 heteroatoms. The first-order valence-corrected chi connectivity index (χ1v) is 6.10. The van der Waals surface area contributed by atoms with Gasteiger partial charge in [-0.1, -0.05) is 13.8 Å². The van der Waals surface area contributed by atoms with Crippen LogP contribution in [0.25, 0.3) is 0 Å². The van der Waals surface area contributed by atoms with E-state index in [9.17, 15) is 8.42 Å². The summed E-state index contributed by atoms with van der Waals surface area (Å²) in [6, 6.07) is 0. The Hall–Kier alpha value is -0.130. The minimum atomic E-state index is -3.28. The molecule has 0 spiro atoms. The van der Waals surface area contributed by atoms with Crippen molar-refractivity contribution < 1.29 is 13.5 Å². The van der Waals surface area contributed by atoms with Gasteiger partial charge in [0.2, 0.25) is 10.0 Å². The molecule has 0 bridgehead atoms. The zero-order valence-corrected chi connectivity index (χ0v) is 9.34. The highest BCUT2D eigenvalue weighted by molar-refractivity contribution is 7.89. The molecule has 0 rings (SSSR count). The lowest BCUT2D eigenvalue weighted by molar-refractivity contribution is 0.289. The van der Waals surface area contributed by atoms with Crippen LogP contribution in [0.4, 0.5) is 0 Å². The summed E-state index contributed by atoms with van der Waals surface area (Å²) in [4.78, 5) is 0. The Morgan fingerprint density at radius 2 is 1.92 bits per heavy atom. The van der Waals surface area contributed by atoms with Crippen molar-refractivity contribution in [3.63, 3.8) is 0 Å². The fourth-order valence-electron chi connectivity index (χ4n) is 1.06. The lowest BCUT2D eigenvalue weighted by atomic mass is 10.5. The van der Waals surface area contributed by atoms with E-state index in [1.165, 1.54) is 11.2 Å². The molecule has 80 valence electrons. The quantitative estimate of drug-likeness (QED) is 0.690. The Kier molecular flexibility index (Phi) is 5.51. The van der Waals surface area contributed by atoms with Crippen LogP contribution < -0.4 is 0 Å². The maximum absolute atomic E-state index is 11.6. The average molecular weight is 209 g/mol. The highest BCUT2D eigenvalue weighted by atomic mass is 32.2. The molecule has 4 nitrogen and oxygen atoms in total. The number of sulfonamides is 1. The van der Waals surface area contributed by atoms with Gasteiger partial charge in [0, 0.05) is 13.1 Å². The van der Waals surface area contributed by atoms with Crippen LogP contribution >= 0.6 is 0 Å². The summed E-state index contributed by atoms with van der Waals surface area (Å²) in [5.41, 5.74) is 0. The molecule has 0 saturated carbocycles. The van der Waals surface area contributed by atoms with Gasteiger partial charge in [-0.15, -0.1) is 0 Å². The molecule has 0 aromatic heterocycles. The van der Waals surface area contributed by atoms with E-state index in [-0.39, 0.29) is 6.61 Å². The Labute approximate surface area is 80.6 Å². The molecule has 1 atom stereocenters.